The molecule has 2 aliphatic heterocycles. The third-order valence-corrected chi connectivity index (χ3v) is 6.33. The zero-order chi connectivity index (χ0) is 23.5. The fraction of sp³-hybridized carbons (Fsp3) is 0.864. The number of ether oxygens (including phenoxy) is 6. The van der Waals surface area contributed by atoms with Gasteiger partial charge in [-0.05, 0) is 12.8 Å². The lowest BCUT2D eigenvalue weighted by molar-refractivity contribution is -0.325. The molecule has 31 heavy (non-hydrogen) atoms. The van der Waals surface area contributed by atoms with E-state index >= 15 is 0 Å². The Morgan fingerprint density at radius 1 is 0.677 bits per heavy atom. The Bertz CT molecular complexity index is 651. The molecule has 9 heteroatoms. The summed E-state index contributed by atoms with van der Waals surface area (Å²) < 4.78 is 34.5. The van der Waals surface area contributed by atoms with Crippen molar-refractivity contribution in [2.45, 2.75) is 92.4 Å². The number of carbonyl (C=O) groups is 3. The van der Waals surface area contributed by atoms with Gasteiger partial charge in [0.25, 0.3) is 0 Å². The fourth-order valence-corrected chi connectivity index (χ4v) is 4.18. The van der Waals surface area contributed by atoms with Crippen LogP contribution in [0.1, 0.15) is 55.4 Å². The highest BCUT2D eigenvalue weighted by atomic mass is 16.7. The molecule has 2 aliphatic rings. The van der Waals surface area contributed by atoms with E-state index in [0.29, 0.717) is 0 Å². The van der Waals surface area contributed by atoms with Crippen molar-refractivity contribution < 1.29 is 42.8 Å². The first-order valence-electron chi connectivity index (χ1n) is 10.9. The molecular formula is C22H36O9. The summed E-state index contributed by atoms with van der Waals surface area (Å²) in [6.07, 6.45) is -3.12. The molecule has 0 spiro atoms. The van der Waals surface area contributed by atoms with E-state index in [4.69, 9.17) is 28.4 Å². The van der Waals surface area contributed by atoms with Crippen molar-refractivity contribution in [1.82, 2.24) is 0 Å². The van der Waals surface area contributed by atoms with Crippen LogP contribution in [0.5, 0.6) is 0 Å². The van der Waals surface area contributed by atoms with Crippen LogP contribution in [0, 0.1) is 23.7 Å². The first-order chi connectivity index (χ1) is 14.4. The minimum absolute atomic E-state index is 0.00268. The van der Waals surface area contributed by atoms with Crippen molar-refractivity contribution in [3.8, 4) is 0 Å². The molecule has 0 radical (unpaired) electrons. The molecule has 2 rings (SSSR count). The highest BCUT2D eigenvalue weighted by Crippen LogP contribution is 2.38. The molecule has 0 aromatic carbocycles. The maximum absolute atomic E-state index is 11.6. The van der Waals surface area contributed by atoms with Gasteiger partial charge >= 0.3 is 17.9 Å². The molecule has 9 nitrogen and oxygen atoms in total. The zero-order valence-corrected chi connectivity index (χ0v) is 19.7. The van der Waals surface area contributed by atoms with Crippen molar-refractivity contribution in [1.29, 1.82) is 0 Å². The molecule has 0 amide bonds. The van der Waals surface area contributed by atoms with Crippen LogP contribution in [0.25, 0.3) is 0 Å². The molecule has 10 atom stereocenters. The fourth-order valence-electron chi connectivity index (χ4n) is 4.18. The maximum Gasteiger partial charge on any atom is 0.304 e. The summed E-state index contributed by atoms with van der Waals surface area (Å²) in [7, 11) is 0. The van der Waals surface area contributed by atoms with Crippen LogP contribution in [0.2, 0.25) is 0 Å². The van der Waals surface area contributed by atoms with Crippen LogP contribution in [-0.2, 0) is 42.8 Å². The SMILES string of the molecule is CC(=O)OCC1O[C@H](OC(C)=O)C(C)[C@@H](C)[C@@H]1O[C@@H]1OC(C)[C@@H](C)[C@@H](OC(C)=O)C1C. The van der Waals surface area contributed by atoms with Gasteiger partial charge in [-0.1, -0.05) is 27.7 Å². The largest absolute Gasteiger partial charge is 0.463 e. The van der Waals surface area contributed by atoms with Gasteiger partial charge in [0.05, 0.1) is 12.2 Å². The second-order valence-corrected chi connectivity index (χ2v) is 8.78. The summed E-state index contributed by atoms with van der Waals surface area (Å²) in [4.78, 5) is 34.5. The number of hydrogen-bond donors (Lipinski definition) is 0. The third kappa shape index (κ3) is 6.40. The lowest BCUT2D eigenvalue weighted by atomic mass is 9.83. The van der Waals surface area contributed by atoms with Gasteiger partial charge in [0.1, 0.15) is 18.8 Å². The summed E-state index contributed by atoms with van der Waals surface area (Å²) in [6.45, 7) is 13.7. The standard InChI is InChI=1S/C22H36O9/c1-10-11(2)21(29-17(8)25)30-18(9-26-15(6)23)20(10)31-22-13(4)19(28-16(7)24)12(3)14(5)27-22/h10-14,18-22H,9H2,1-8H3/t10-,11?,12-,13?,14?,18?,19-,20+,21+,22+/m1/s1. The Labute approximate surface area is 184 Å². The van der Waals surface area contributed by atoms with E-state index in [2.05, 4.69) is 0 Å². The molecule has 178 valence electrons. The summed E-state index contributed by atoms with van der Waals surface area (Å²) in [5.41, 5.74) is 0. The van der Waals surface area contributed by atoms with E-state index < -0.39 is 36.7 Å². The minimum Gasteiger partial charge on any atom is -0.463 e. The Hall–Kier alpha value is -1.71. The van der Waals surface area contributed by atoms with E-state index in [9.17, 15) is 14.4 Å². The number of hydrogen-bond acceptors (Lipinski definition) is 9. The predicted molar refractivity (Wildman–Crippen MR) is 108 cm³/mol. The van der Waals surface area contributed by atoms with Crippen LogP contribution >= 0.6 is 0 Å². The zero-order valence-electron chi connectivity index (χ0n) is 19.7. The molecule has 0 N–H and O–H groups in total. The van der Waals surface area contributed by atoms with Crippen molar-refractivity contribution in [2.24, 2.45) is 23.7 Å². The van der Waals surface area contributed by atoms with Gasteiger partial charge in [-0.3, -0.25) is 14.4 Å². The van der Waals surface area contributed by atoms with Gasteiger partial charge in [-0.2, -0.15) is 0 Å². The van der Waals surface area contributed by atoms with E-state index in [1.165, 1.54) is 20.8 Å². The predicted octanol–water partition coefficient (Wildman–Crippen LogP) is 2.44. The van der Waals surface area contributed by atoms with E-state index in [1.54, 1.807) is 0 Å². The molecule has 4 unspecified atom stereocenters. The quantitative estimate of drug-likeness (QED) is 0.451. The maximum atomic E-state index is 11.6. The lowest BCUT2D eigenvalue weighted by Crippen LogP contribution is -2.57. The van der Waals surface area contributed by atoms with E-state index in [-0.39, 0.29) is 48.5 Å². The van der Waals surface area contributed by atoms with Gasteiger partial charge in [-0.25, -0.2) is 0 Å². The van der Waals surface area contributed by atoms with Gasteiger partial charge in [0.15, 0.2) is 6.29 Å². The molecule has 2 saturated heterocycles. The van der Waals surface area contributed by atoms with Crippen LogP contribution in [0.3, 0.4) is 0 Å². The van der Waals surface area contributed by atoms with Crippen molar-refractivity contribution in [3.63, 3.8) is 0 Å². The molecular weight excluding hydrogens is 408 g/mol. The Balaban J connectivity index is 2.22. The first kappa shape index (κ1) is 25.5. The van der Waals surface area contributed by atoms with E-state index in [0.717, 1.165) is 0 Å². The highest BCUT2D eigenvalue weighted by molar-refractivity contribution is 5.66. The summed E-state index contributed by atoms with van der Waals surface area (Å²) >= 11 is 0. The van der Waals surface area contributed by atoms with Crippen molar-refractivity contribution >= 4 is 17.9 Å². The average molecular weight is 445 g/mol. The molecule has 2 heterocycles. The molecule has 0 saturated carbocycles. The molecule has 0 aliphatic carbocycles. The second-order valence-electron chi connectivity index (χ2n) is 8.78. The van der Waals surface area contributed by atoms with Gasteiger partial charge in [0.2, 0.25) is 6.29 Å². The molecule has 2 fully saturated rings. The summed E-state index contributed by atoms with van der Waals surface area (Å²) in [5, 5.41) is 0. The summed E-state index contributed by atoms with van der Waals surface area (Å²) in [5.74, 6) is -1.74. The molecule has 0 aromatic heterocycles. The topological polar surface area (TPSA) is 107 Å². The number of carbonyl (C=O) groups excluding carboxylic acids is 3. The first-order valence-corrected chi connectivity index (χ1v) is 10.9. The Kier molecular flexibility index (Phi) is 8.85. The van der Waals surface area contributed by atoms with Crippen molar-refractivity contribution in [2.75, 3.05) is 6.61 Å². The number of rotatable bonds is 6. The van der Waals surface area contributed by atoms with Crippen LogP contribution < -0.4 is 0 Å². The highest BCUT2D eigenvalue weighted by Gasteiger charge is 2.49. The normalized spacial score (nSPS) is 40.6. The minimum atomic E-state index is -0.773. The average Bonchev–Trinajstić information content (AvgIpc) is 2.67. The van der Waals surface area contributed by atoms with Gasteiger partial charge in [0, 0.05) is 38.5 Å². The lowest BCUT2D eigenvalue weighted by Gasteiger charge is -2.48. The monoisotopic (exact) mass is 444 g/mol. The third-order valence-electron chi connectivity index (χ3n) is 6.33. The van der Waals surface area contributed by atoms with Crippen LogP contribution in [0.15, 0.2) is 0 Å². The molecule has 0 aromatic rings. The summed E-state index contributed by atoms with van der Waals surface area (Å²) in [6, 6.07) is 0. The number of esters is 3. The van der Waals surface area contributed by atoms with Crippen molar-refractivity contribution in [3.05, 3.63) is 0 Å². The van der Waals surface area contributed by atoms with Gasteiger partial charge < -0.3 is 28.4 Å². The molecule has 0 bridgehead atoms. The van der Waals surface area contributed by atoms with Crippen LogP contribution in [0.4, 0.5) is 0 Å². The Morgan fingerprint density at radius 3 is 1.84 bits per heavy atom. The van der Waals surface area contributed by atoms with Crippen LogP contribution in [-0.4, -0.2) is 61.5 Å². The van der Waals surface area contributed by atoms with E-state index in [1.807, 2.05) is 34.6 Å². The second kappa shape index (κ2) is 10.7. The smallest absolute Gasteiger partial charge is 0.304 e. The Morgan fingerprint density at radius 2 is 1.29 bits per heavy atom. The van der Waals surface area contributed by atoms with Gasteiger partial charge in [-0.15, -0.1) is 0 Å².